The van der Waals surface area contributed by atoms with Gasteiger partial charge in [-0.15, -0.1) is 0 Å². The van der Waals surface area contributed by atoms with Gasteiger partial charge in [-0.3, -0.25) is 4.79 Å². The number of rotatable bonds is 0. The maximum atomic E-state index is 9.78. The minimum absolute atomic E-state index is 0.262. The van der Waals surface area contributed by atoms with Gasteiger partial charge in [0.2, 0.25) is 8.67 Å². The summed E-state index contributed by atoms with van der Waals surface area (Å²) in [5.74, 6) is 1.70. The van der Waals surface area contributed by atoms with Crippen molar-refractivity contribution >= 4 is 56.6 Å². The number of hydrogen-bond donors (Lipinski definition) is 0. The van der Waals surface area contributed by atoms with E-state index in [1.54, 1.807) is 0 Å². The first-order valence-corrected chi connectivity index (χ1v) is 14.8. The molecule has 0 heterocycles. The zero-order valence-electron chi connectivity index (χ0n) is 8.83. The molecule has 2 fully saturated rings. The molecule has 1 nitrogen and oxygen atoms in total. The normalized spacial score (nSPS) is 38.1. The van der Waals surface area contributed by atoms with Crippen LogP contribution in [0.2, 0.25) is 0 Å². The van der Waals surface area contributed by atoms with Crippen LogP contribution in [0.25, 0.3) is 0 Å². The monoisotopic (exact) mass is 424 g/mol. The molecule has 3 atom stereocenters. The molecule has 0 aromatic carbocycles. The summed E-state index contributed by atoms with van der Waals surface area (Å²) in [6.45, 7) is 2.13. The third kappa shape index (κ3) is 2.27. The summed E-state index contributed by atoms with van der Waals surface area (Å²) in [6, 6.07) is 0. The van der Waals surface area contributed by atoms with Crippen LogP contribution < -0.4 is 0 Å². The fraction of sp³-hybridized carbons (Fsp3) is 0.455. The molecule has 0 amide bonds. The third-order valence-corrected chi connectivity index (χ3v) is 3.64. The van der Waals surface area contributed by atoms with E-state index in [-0.39, 0.29) is 5.41 Å². The molecule has 85 valence electrons. The zero-order chi connectivity index (χ0) is 11.9. The summed E-state index contributed by atoms with van der Waals surface area (Å²) >= 11 is 9.73. The molecule has 5 heteroatoms. The van der Waals surface area contributed by atoms with Gasteiger partial charge in [-0.25, -0.2) is 0 Å². The van der Waals surface area contributed by atoms with Gasteiger partial charge in [0.1, 0.15) is 5.41 Å². The summed E-state index contributed by atoms with van der Waals surface area (Å²) in [7, 11) is -0.701. The lowest BCUT2D eigenvalue weighted by atomic mass is 9.91. The minimum atomic E-state index is -0.701. The molecule has 1 N–H and O–H groups in total. The maximum Gasteiger partial charge on any atom is 0.376 e. The number of allylic oxidation sites excluding steroid dienone is 4. The Balaban J connectivity index is 0.000000212. The average molecular weight is 427 g/mol. The molecule has 0 saturated heterocycles. The quantitative estimate of drug-likeness (QED) is 0.317. The molecule has 3 unspecified atom stereocenters. The summed E-state index contributed by atoms with van der Waals surface area (Å²) in [5.41, 5.74) is 1.45. The van der Waals surface area contributed by atoms with E-state index in [9.17, 15) is 4.79 Å². The van der Waals surface area contributed by atoms with Crippen LogP contribution in [0, 0.1) is 23.7 Å². The highest BCUT2D eigenvalue weighted by atomic mass is 80.0. The fourth-order valence-electron chi connectivity index (χ4n) is 2.81. The van der Waals surface area contributed by atoms with Crippen molar-refractivity contribution in [3.8, 4) is 0 Å². The summed E-state index contributed by atoms with van der Waals surface area (Å²) in [5, 5.41) is 0. The average Bonchev–Trinajstić information content (AvgIpc) is 2.86. The highest BCUT2D eigenvalue weighted by Crippen LogP contribution is 2.68. The molecule has 2 saturated carbocycles. The van der Waals surface area contributed by atoms with Gasteiger partial charge in [0, 0.05) is 24.5 Å². The van der Waals surface area contributed by atoms with E-state index < -0.39 is 8.67 Å². The number of carbonyl (C=O) groups excluding carboxylic acids is 1. The summed E-state index contributed by atoms with van der Waals surface area (Å²) in [6.07, 6.45) is 9.69. The molecule has 1 radical (unpaired) electrons. The largest absolute Gasteiger partial charge is 0.413 e. The van der Waals surface area contributed by atoms with Crippen LogP contribution in [0.4, 0.5) is 0 Å². The highest BCUT2D eigenvalue weighted by molar-refractivity contribution is 9.69. The van der Waals surface area contributed by atoms with Crippen LogP contribution in [0.3, 0.4) is 0 Å². The molecule has 0 bridgehead atoms. The Labute approximate surface area is 121 Å². The second-order valence-corrected chi connectivity index (χ2v) is 24.2. The maximum absolute atomic E-state index is 9.78. The van der Waals surface area contributed by atoms with Crippen LogP contribution in [0.15, 0.2) is 23.8 Å². The lowest BCUT2D eigenvalue weighted by Crippen LogP contribution is -2.12. The topological polar surface area (TPSA) is 21.4 Å². The lowest BCUT2D eigenvalue weighted by Gasteiger charge is -2.01. The molecule has 3 rings (SSSR count). The Morgan fingerprint density at radius 2 is 2.12 bits per heavy atom. The van der Waals surface area contributed by atoms with Gasteiger partial charge in [-0.05, 0) is 13.3 Å². The van der Waals surface area contributed by atoms with Crippen molar-refractivity contribution in [1.29, 1.82) is 0 Å². The van der Waals surface area contributed by atoms with Crippen molar-refractivity contribution in [2.75, 3.05) is 0 Å². The van der Waals surface area contributed by atoms with Gasteiger partial charge < -0.3 is 42.2 Å². The number of hydrogen-bond acceptors (Lipinski definition) is 0. The first kappa shape index (κ1) is 13.4. The van der Waals surface area contributed by atoms with E-state index in [2.05, 4.69) is 67.3 Å². The van der Waals surface area contributed by atoms with E-state index in [0.29, 0.717) is 17.6 Å². The zero-order valence-corrected chi connectivity index (χ0v) is 14.7. The summed E-state index contributed by atoms with van der Waals surface area (Å²) in [4.78, 5) is 9.78. The first-order chi connectivity index (χ1) is 7.49. The van der Waals surface area contributed by atoms with Gasteiger partial charge in [-0.1, -0.05) is 0 Å². The van der Waals surface area contributed by atoms with Gasteiger partial charge in [0.15, 0.2) is 5.57 Å². The molecule has 1 spiro atoms. The summed E-state index contributed by atoms with van der Waals surface area (Å²) < 4.78 is 0. The Morgan fingerprint density at radius 3 is 2.69 bits per heavy atom. The number of ketones is 1. The van der Waals surface area contributed by atoms with E-state index in [1.165, 1.54) is 12.0 Å². The smallest absolute Gasteiger partial charge is 0.376 e. The standard InChI is InChI=1S/C11H11O.Al.3BrH/c1-7-9-6-11(9)5-3-2-4-8(11)10(7)12;;;;/h2-5,7,9H,6H2,1H3;;3*1H/q+1;+2;;;/p-2. The SMILES string of the molecule is CC1C(=[OH+])C2=C[CH+]C=CC23CC13.[Br][Al-]([Br])[Br]. The van der Waals surface area contributed by atoms with Crippen molar-refractivity contribution in [1.82, 2.24) is 0 Å². The predicted octanol–water partition coefficient (Wildman–Crippen LogP) is 4.04. The number of halogens is 3. The highest BCUT2D eigenvalue weighted by Gasteiger charge is 2.74. The Bertz CT molecular complexity index is 375. The van der Waals surface area contributed by atoms with Crippen LogP contribution in [-0.2, 0) is 0 Å². The van der Waals surface area contributed by atoms with E-state index in [0.717, 1.165) is 0 Å². The Kier molecular flexibility index (Phi) is 4.14. The van der Waals surface area contributed by atoms with E-state index in [4.69, 9.17) is 0 Å². The van der Waals surface area contributed by atoms with Gasteiger partial charge in [0.05, 0.1) is 12.0 Å². The van der Waals surface area contributed by atoms with Crippen molar-refractivity contribution in [3.05, 3.63) is 30.2 Å². The van der Waals surface area contributed by atoms with Crippen molar-refractivity contribution in [2.45, 2.75) is 13.3 Å². The van der Waals surface area contributed by atoms with Crippen molar-refractivity contribution < 1.29 is 4.79 Å². The van der Waals surface area contributed by atoms with Gasteiger partial charge in [0.25, 0.3) is 0 Å². The van der Waals surface area contributed by atoms with E-state index in [1.807, 2.05) is 6.42 Å². The third-order valence-electron chi connectivity index (χ3n) is 3.64. The Hall–Kier alpha value is 0.992. The molecule has 3 aliphatic rings. The molecule has 3 aliphatic carbocycles. The molecule has 0 aromatic rings. The first-order valence-electron chi connectivity index (χ1n) is 5.21. The molecular formula is C11H12AlBr3O+. The van der Waals surface area contributed by atoms with Gasteiger partial charge in [-0.2, -0.15) is 0 Å². The van der Waals surface area contributed by atoms with Crippen LogP contribution in [-0.4, -0.2) is 19.2 Å². The second-order valence-electron chi connectivity index (χ2n) is 4.40. The Morgan fingerprint density at radius 1 is 1.50 bits per heavy atom. The molecule has 16 heavy (non-hydrogen) atoms. The van der Waals surface area contributed by atoms with E-state index >= 15 is 0 Å². The van der Waals surface area contributed by atoms with Crippen molar-refractivity contribution in [3.63, 3.8) is 0 Å². The van der Waals surface area contributed by atoms with Crippen LogP contribution in [0.1, 0.15) is 13.3 Å². The second kappa shape index (κ2) is 4.93. The molecular weight excluding hydrogens is 415 g/mol. The van der Waals surface area contributed by atoms with Crippen molar-refractivity contribution in [2.24, 2.45) is 17.3 Å². The lowest BCUT2D eigenvalue weighted by molar-refractivity contribution is 0.580. The van der Waals surface area contributed by atoms with Crippen LogP contribution in [0.5, 0.6) is 0 Å². The fourth-order valence-corrected chi connectivity index (χ4v) is 2.81. The predicted molar refractivity (Wildman–Crippen MR) is 80.7 cm³/mol. The molecule has 0 aliphatic heterocycles. The minimum Gasteiger partial charge on any atom is -0.413 e. The van der Waals surface area contributed by atoms with Crippen LogP contribution >= 0.6 is 42.2 Å². The molecule has 0 aromatic heterocycles. The van der Waals surface area contributed by atoms with Gasteiger partial charge >= 0.3 is 5.78 Å².